The molecule has 7 heteroatoms. The van der Waals surface area contributed by atoms with Gasteiger partial charge in [-0.2, -0.15) is 0 Å². The van der Waals surface area contributed by atoms with Gasteiger partial charge in [0.2, 0.25) is 5.91 Å². The van der Waals surface area contributed by atoms with E-state index in [9.17, 15) is 19.2 Å². The number of piperidine rings is 1. The quantitative estimate of drug-likeness (QED) is 0.439. The summed E-state index contributed by atoms with van der Waals surface area (Å²) in [5, 5.41) is 2.05. The van der Waals surface area contributed by atoms with Gasteiger partial charge in [-0.05, 0) is 6.07 Å². The van der Waals surface area contributed by atoms with Crippen LogP contribution in [0.2, 0.25) is 0 Å². The number of ketones is 1. The Morgan fingerprint density at radius 1 is 1.10 bits per heavy atom. The van der Waals surface area contributed by atoms with Gasteiger partial charge in [-0.25, -0.2) is 0 Å². The Kier molecular flexibility index (Phi) is 2.72. The number of thiocarbonyl (C=S) groups is 1. The molecular formula is C13H8N2O4S. The zero-order chi connectivity index (χ0) is 14.4. The molecule has 0 radical (unpaired) electrons. The van der Waals surface area contributed by atoms with Crippen LogP contribution in [-0.2, 0) is 14.4 Å². The molecule has 2 aliphatic rings. The second-order valence-corrected chi connectivity index (χ2v) is 4.87. The Labute approximate surface area is 118 Å². The molecule has 1 fully saturated rings. The highest BCUT2D eigenvalue weighted by Crippen LogP contribution is 2.26. The molecule has 2 heterocycles. The predicted octanol–water partition coefficient (Wildman–Crippen LogP) is -0.198. The molecule has 100 valence electrons. The molecule has 1 N–H and O–H groups in total. The lowest BCUT2D eigenvalue weighted by molar-refractivity contribution is -0.142. The number of fused-ring (bicyclic) bond motifs is 1. The first kappa shape index (κ1) is 12.6. The number of hydrogen-bond donors (Lipinski definition) is 1. The number of benzene rings is 1. The Morgan fingerprint density at radius 3 is 2.35 bits per heavy atom. The molecule has 1 saturated heterocycles. The lowest BCUT2D eigenvalue weighted by Gasteiger charge is -2.28. The number of rotatable bonds is 1. The third-order valence-electron chi connectivity index (χ3n) is 3.23. The smallest absolute Gasteiger partial charge is 0.260 e. The fourth-order valence-corrected chi connectivity index (χ4v) is 2.72. The van der Waals surface area contributed by atoms with E-state index in [1.165, 1.54) is 0 Å². The van der Waals surface area contributed by atoms with Crippen LogP contribution in [0.3, 0.4) is 0 Å². The second-order valence-electron chi connectivity index (χ2n) is 4.48. The van der Waals surface area contributed by atoms with Gasteiger partial charge in [-0.15, -0.1) is 0 Å². The van der Waals surface area contributed by atoms with Crippen molar-refractivity contribution in [2.24, 2.45) is 0 Å². The summed E-state index contributed by atoms with van der Waals surface area (Å²) in [7, 11) is 0. The highest BCUT2D eigenvalue weighted by atomic mass is 32.1. The molecule has 0 aromatic heterocycles. The molecule has 3 amide bonds. The van der Waals surface area contributed by atoms with Crippen molar-refractivity contribution >= 4 is 40.7 Å². The molecule has 1 atom stereocenters. The zero-order valence-electron chi connectivity index (χ0n) is 10.1. The van der Waals surface area contributed by atoms with Gasteiger partial charge in [0.15, 0.2) is 11.8 Å². The number of nitrogens with one attached hydrogen (secondary N) is 1. The molecule has 6 nitrogen and oxygen atoms in total. The second kappa shape index (κ2) is 4.31. The summed E-state index contributed by atoms with van der Waals surface area (Å²) in [5.41, 5.74) is 0.875. The van der Waals surface area contributed by atoms with Gasteiger partial charge >= 0.3 is 0 Å². The van der Waals surface area contributed by atoms with Crippen molar-refractivity contribution in [3.63, 3.8) is 0 Å². The molecule has 20 heavy (non-hydrogen) atoms. The minimum Gasteiger partial charge on any atom is -0.296 e. The maximum atomic E-state index is 12.3. The van der Waals surface area contributed by atoms with Gasteiger partial charge < -0.3 is 0 Å². The molecule has 0 bridgehead atoms. The van der Waals surface area contributed by atoms with Crippen LogP contribution < -0.4 is 5.32 Å². The number of hydrogen-bond acceptors (Lipinski definition) is 5. The molecule has 3 rings (SSSR count). The van der Waals surface area contributed by atoms with Gasteiger partial charge in [0.25, 0.3) is 11.8 Å². The lowest BCUT2D eigenvalue weighted by Crippen LogP contribution is -2.59. The average Bonchev–Trinajstić information content (AvgIpc) is 2.64. The van der Waals surface area contributed by atoms with E-state index in [1.54, 1.807) is 24.3 Å². The van der Waals surface area contributed by atoms with E-state index in [0.29, 0.717) is 11.1 Å². The lowest BCUT2D eigenvalue weighted by atomic mass is 10.0. The minimum absolute atomic E-state index is 0.133. The van der Waals surface area contributed by atoms with Gasteiger partial charge in [-0.1, -0.05) is 30.4 Å². The summed E-state index contributed by atoms with van der Waals surface area (Å²) in [6, 6.07) is 5.27. The Balaban J connectivity index is 2.03. The number of carbonyl (C=O) groups is 4. The van der Waals surface area contributed by atoms with Crippen molar-refractivity contribution in [1.82, 2.24) is 10.2 Å². The van der Waals surface area contributed by atoms with E-state index in [0.717, 1.165) is 4.90 Å². The first-order valence-electron chi connectivity index (χ1n) is 5.84. The van der Waals surface area contributed by atoms with Crippen LogP contribution in [0.4, 0.5) is 0 Å². The van der Waals surface area contributed by atoms with Gasteiger partial charge in [0.05, 0.1) is 12.0 Å². The van der Waals surface area contributed by atoms with E-state index in [-0.39, 0.29) is 4.99 Å². The summed E-state index contributed by atoms with van der Waals surface area (Å²) in [6.45, 7) is 0. The Hall–Kier alpha value is -2.41. The Bertz CT molecular complexity index is 642. The van der Waals surface area contributed by atoms with Gasteiger partial charge in [0.1, 0.15) is 4.99 Å². The summed E-state index contributed by atoms with van der Waals surface area (Å²) in [4.78, 5) is 48.3. The first-order valence-corrected chi connectivity index (χ1v) is 6.25. The number of Topliss-reactive ketones (excluding diaryl/α,β-unsaturated/α-hetero) is 1. The first-order chi connectivity index (χ1) is 9.50. The maximum Gasteiger partial charge on any atom is 0.260 e. The zero-order valence-corrected chi connectivity index (χ0v) is 10.9. The van der Waals surface area contributed by atoms with Gasteiger partial charge in [-0.3, -0.25) is 29.4 Å². The van der Waals surface area contributed by atoms with Crippen LogP contribution in [-0.4, -0.2) is 39.4 Å². The number of carbonyl (C=O) groups excluding carboxylic acids is 4. The summed E-state index contributed by atoms with van der Waals surface area (Å²) in [6.07, 6.45) is -0.431. The van der Waals surface area contributed by atoms with E-state index < -0.39 is 36.0 Å². The van der Waals surface area contributed by atoms with Crippen molar-refractivity contribution in [3.05, 3.63) is 35.4 Å². The molecule has 0 aliphatic carbocycles. The normalized spacial score (nSPS) is 22.1. The highest BCUT2D eigenvalue weighted by molar-refractivity contribution is 7.80. The van der Waals surface area contributed by atoms with E-state index in [4.69, 9.17) is 12.2 Å². The van der Waals surface area contributed by atoms with Crippen molar-refractivity contribution < 1.29 is 19.2 Å². The van der Waals surface area contributed by atoms with E-state index in [1.807, 2.05) is 0 Å². The summed E-state index contributed by atoms with van der Waals surface area (Å²) in [5.74, 6) is -2.59. The number of imide groups is 1. The number of nitrogens with zero attached hydrogens (tertiary/aromatic N) is 1. The standard InChI is InChI=1S/C13H8N2O4S/c16-8-5-9(17)14-11(18)10(8)15-12(19)6-3-1-2-4-7(6)13(15)20/h1-4,10H,5H2,(H,14,17,18). The minimum atomic E-state index is -1.36. The van der Waals surface area contributed by atoms with Crippen LogP contribution in [0.25, 0.3) is 0 Å². The molecule has 2 aliphatic heterocycles. The van der Waals surface area contributed by atoms with Crippen LogP contribution in [0, 0.1) is 0 Å². The number of amides is 3. The Morgan fingerprint density at radius 2 is 1.75 bits per heavy atom. The SMILES string of the molecule is O=C1CC(=O)C(N2C(=O)c3ccccc3C2=S)C(=O)N1. The largest absolute Gasteiger partial charge is 0.296 e. The van der Waals surface area contributed by atoms with Crippen LogP contribution >= 0.6 is 12.2 Å². The van der Waals surface area contributed by atoms with Crippen molar-refractivity contribution in [2.45, 2.75) is 12.5 Å². The topological polar surface area (TPSA) is 83.6 Å². The summed E-state index contributed by atoms with van der Waals surface area (Å²) < 4.78 is 0. The van der Waals surface area contributed by atoms with E-state index >= 15 is 0 Å². The third kappa shape index (κ3) is 1.67. The van der Waals surface area contributed by atoms with Crippen molar-refractivity contribution in [3.8, 4) is 0 Å². The molecule has 1 aromatic rings. The monoisotopic (exact) mass is 288 g/mol. The molecule has 1 aromatic carbocycles. The summed E-state index contributed by atoms with van der Waals surface area (Å²) >= 11 is 5.18. The highest BCUT2D eigenvalue weighted by Gasteiger charge is 2.46. The fourth-order valence-electron chi connectivity index (χ4n) is 2.35. The molecule has 0 spiro atoms. The molecule has 1 unspecified atom stereocenters. The van der Waals surface area contributed by atoms with Crippen LogP contribution in [0.1, 0.15) is 22.3 Å². The van der Waals surface area contributed by atoms with Crippen LogP contribution in [0.5, 0.6) is 0 Å². The van der Waals surface area contributed by atoms with Gasteiger partial charge in [0, 0.05) is 5.56 Å². The fraction of sp³-hybridized carbons (Fsp3) is 0.154. The maximum absolute atomic E-state index is 12.3. The van der Waals surface area contributed by atoms with Crippen molar-refractivity contribution in [2.75, 3.05) is 0 Å². The van der Waals surface area contributed by atoms with E-state index in [2.05, 4.69) is 5.32 Å². The van der Waals surface area contributed by atoms with Crippen molar-refractivity contribution in [1.29, 1.82) is 0 Å². The predicted molar refractivity (Wildman–Crippen MR) is 70.9 cm³/mol. The van der Waals surface area contributed by atoms with Crippen LogP contribution in [0.15, 0.2) is 24.3 Å². The third-order valence-corrected chi connectivity index (χ3v) is 3.65. The molecule has 0 saturated carbocycles. The average molecular weight is 288 g/mol. The molecular weight excluding hydrogens is 280 g/mol.